The normalized spacial score (nSPS) is 12.8. The highest BCUT2D eigenvalue weighted by molar-refractivity contribution is 5.28. The van der Waals surface area contributed by atoms with Crippen molar-refractivity contribution in [3.63, 3.8) is 0 Å². The van der Waals surface area contributed by atoms with Crippen molar-refractivity contribution in [1.82, 2.24) is 0 Å². The van der Waals surface area contributed by atoms with E-state index in [1.807, 2.05) is 31.2 Å². The second-order valence-corrected chi connectivity index (χ2v) is 4.88. The molecule has 0 unspecified atom stereocenters. The number of hydrogen-bond acceptors (Lipinski definition) is 2. The zero-order valence-electron chi connectivity index (χ0n) is 11.1. The molecule has 1 aromatic carbocycles. The van der Waals surface area contributed by atoms with Crippen LogP contribution >= 0.6 is 0 Å². The first-order valence-electron chi connectivity index (χ1n) is 6.54. The van der Waals surface area contributed by atoms with Gasteiger partial charge in [-0.1, -0.05) is 32.9 Å². The van der Waals surface area contributed by atoms with Gasteiger partial charge >= 0.3 is 0 Å². The third-order valence-corrected chi connectivity index (χ3v) is 2.85. The van der Waals surface area contributed by atoms with Gasteiger partial charge in [0.25, 0.3) is 0 Å². The highest BCUT2D eigenvalue weighted by Gasteiger charge is 2.04. The molecule has 0 aromatic heterocycles. The summed E-state index contributed by atoms with van der Waals surface area (Å²) in [7, 11) is 0. The van der Waals surface area contributed by atoms with E-state index in [0.29, 0.717) is 0 Å². The fourth-order valence-corrected chi connectivity index (χ4v) is 1.70. The quantitative estimate of drug-likeness (QED) is 0.726. The Kier molecular flexibility index (Phi) is 6.06. The molecule has 1 aromatic rings. The summed E-state index contributed by atoms with van der Waals surface area (Å²) in [4.78, 5) is 0. The van der Waals surface area contributed by atoms with E-state index in [9.17, 15) is 5.11 Å². The first kappa shape index (κ1) is 14.0. The van der Waals surface area contributed by atoms with E-state index in [4.69, 9.17) is 4.74 Å². The van der Waals surface area contributed by atoms with E-state index in [1.54, 1.807) is 0 Å². The van der Waals surface area contributed by atoms with Crippen LogP contribution in [0.15, 0.2) is 24.3 Å². The third kappa shape index (κ3) is 5.22. The van der Waals surface area contributed by atoms with Crippen LogP contribution in [-0.2, 0) is 0 Å². The Morgan fingerprint density at radius 1 is 1.18 bits per heavy atom. The van der Waals surface area contributed by atoms with Gasteiger partial charge < -0.3 is 9.84 Å². The second kappa shape index (κ2) is 7.33. The molecule has 1 atom stereocenters. The van der Waals surface area contributed by atoms with E-state index in [-0.39, 0.29) is 6.10 Å². The summed E-state index contributed by atoms with van der Waals surface area (Å²) in [5.41, 5.74) is 0.960. The molecule has 96 valence electrons. The fraction of sp³-hybridized carbons (Fsp3) is 0.600. The first-order chi connectivity index (χ1) is 8.13. The molecule has 2 nitrogen and oxygen atoms in total. The van der Waals surface area contributed by atoms with Gasteiger partial charge in [-0.05, 0) is 42.9 Å². The molecule has 1 N–H and O–H groups in total. The maximum Gasteiger partial charge on any atom is 0.119 e. The zero-order chi connectivity index (χ0) is 12.7. The summed E-state index contributed by atoms with van der Waals surface area (Å²) < 4.78 is 5.64. The van der Waals surface area contributed by atoms with E-state index in [1.165, 1.54) is 6.42 Å². The summed E-state index contributed by atoms with van der Waals surface area (Å²) in [5, 5.41) is 9.65. The molecule has 0 radical (unpaired) electrons. The lowest BCUT2D eigenvalue weighted by Crippen LogP contribution is -2.00. The van der Waals surface area contributed by atoms with E-state index in [2.05, 4.69) is 13.8 Å². The predicted octanol–water partition coefficient (Wildman–Crippen LogP) is 3.95. The fourth-order valence-electron chi connectivity index (χ4n) is 1.70. The van der Waals surface area contributed by atoms with E-state index >= 15 is 0 Å². The monoisotopic (exact) mass is 236 g/mol. The lowest BCUT2D eigenvalue weighted by atomic mass is 10.1. The molecular weight excluding hydrogens is 212 g/mol. The van der Waals surface area contributed by atoms with Crippen LogP contribution in [0.4, 0.5) is 0 Å². The molecule has 17 heavy (non-hydrogen) atoms. The summed E-state index contributed by atoms with van der Waals surface area (Å²) in [6, 6.07) is 7.74. The first-order valence-corrected chi connectivity index (χ1v) is 6.54. The lowest BCUT2D eigenvalue weighted by molar-refractivity contribution is 0.173. The Hall–Kier alpha value is -1.02. The molecule has 0 fully saturated rings. The average Bonchev–Trinajstić information content (AvgIpc) is 2.34. The predicted molar refractivity (Wildman–Crippen MR) is 71.3 cm³/mol. The van der Waals surface area contributed by atoms with E-state index in [0.717, 1.165) is 36.7 Å². The molecule has 0 amide bonds. The molecule has 0 aliphatic heterocycles. The smallest absolute Gasteiger partial charge is 0.119 e. The van der Waals surface area contributed by atoms with Gasteiger partial charge in [0.05, 0.1) is 12.7 Å². The maximum absolute atomic E-state index is 9.65. The van der Waals surface area contributed by atoms with Crippen molar-refractivity contribution < 1.29 is 9.84 Å². The number of benzene rings is 1. The van der Waals surface area contributed by atoms with Crippen LogP contribution in [0.2, 0.25) is 0 Å². The van der Waals surface area contributed by atoms with Gasteiger partial charge in [-0.25, -0.2) is 0 Å². The lowest BCUT2D eigenvalue weighted by Gasteiger charge is -2.10. The largest absolute Gasteiger partial charge is 0.494 e. The number of aliphatic hydroxyl groups is 1. The van der Waals surface area contributed by atoms with Gasteiger partial charge in [0.15, 0.2) is 0 Å². The molecule has 1 rings (SSSR count). The Bertz CT molecular complexity index is 303. The summed E-state index contributed by atoms with van der Waals surface area (Å²) in [6.07, 6.45) is 2.68. The number of ether oxygens (including phenoxy) is 1. The second-order valence-electron chi connectivity index (χ2n) is 4.88. The molecule has 0 aliphatic rings. The molecule has 0 saturated heterocycles. The molecular formula is C15H24O2. The molecule has 0 saturated carbocycles. The van der Waals surface area contributed by atoms with Crippen LogP contribution in [0.5, 0.6) is 5.75 Å². The van der Waals surface area contributed by atoms with Gasteiger partial charge in [-0.15, -0.1) is 0 Å². The van der Waals surface area contributed by atoms with Crippen LogP contribution < -0.4 is 4.74 Å². The standard InChI is InChI=1S/C15H24O2/c1-4-15(16)13-7-9-14(10-8-13)17-11-5-6-12(2)3/h7-10,12,15-16H,4-6,11H2,1-3H3/t15-/m0/s1. The SMILES string of the molecule is CC[C@H](O)c1ccc(OCCCC(C)C)cc1. The molecule has 0 aliphatic carbocycles. The number of aliphatic hydroxyl groups excluding tert-OH is 1. The van der Waals surface area contributed by atoms with Gasteiger partial charge in [0.1, 0.15) is 5.75 Å². The molecule has 0 spiro atoms. The minimum Gasteiger partial charge on any atom is -0.494 e. The molecule has 0 bridgehead atoms. The van der Waals surface area contributed by atoms with Crippen molar-refractivity contribution in [3.8, 4) is 5.75 Å². The van der Waals surface area contributed by atoms with Crippen molar-refractivity contribution in [1.29, 1.82) is 0 Å². The topological polar surface area (TPSA) is 29.5 Å². The summed E-state index contributed by atoms with van der Waals surface area (Å²) in [6.45, 7) is 7.19. The van der Waals surface area contributed by atoms with Crippen molar-refractivity contribution >= 4 is 0 Å². The Labute approximate surface area is 105 Å². The maximum atomic E-state index is 9.65. The van der Waals surface area contributed by atoms with Crippen LogP contribution in [0.3, 0.4) is 0 Å². The summed E-state index contributed by atoms with van der Waals surface area (Å²) in [5.74, 6) is 1.63. The van der Waals surface area contributed by atoms with Crippen LogP contribution in [0, 0.1) is 5.92 Å². The van der Waals surface area contributed by atoms with Crippen molar-refractivity contribution in [2.75, 3.05) is 6.61 Å². The van der Waals surface area contributed by atoms with Crippen LogP contribution in [0.25, 0.3) is 0 Å². The average molecular weight is 236 g/mol. The van der Waals surface area contributed by atoms with Gasteiger partial charge in [0, 0.05) is 0 Å². The number of hydrogen-bond donors (Lipinski definition) is 1. The van der Waals surface area contributed by atoms with E-state index < -0.39 is 0 Å². The molecule has 0 heterocycles. The highest BCUT2D eigenvalue weighted by Crippen LogP contribution is 2.20. The van der Waals surface area contributed by atoms with Gasteiger partial charge in [-0.3, -0.25) is 0 Å². The summed E-state index contributed by atoms with van der Waals surface area (Å²) >= 11 is 0. The van der Waals surface area contributed by atoms with Crippen molar-refractivity contribution in [3.05, 3.63) is 29.8 Å². The van der Waals surface area contributed by atoms with Crippen LogP contribution in [0.1, 0.15) is 51.7 Å². The minimum atomic E-state index is -0.356. The van der Waals surface area contributed by atoms with Gasteiger partial charge in [-0.2, -0.15) is 0 Å². The number of rotatable bonds is 7. The minimum absolute atomic E-state index is 0.356. The van der Waals surface area contributed by atoms with Crippen molar-refractivity contribution in [2.24, 2.45) is 5.92 Å². The van der Waals surface area contributed by atoms with Crippen molar-refractivity contribution in [2.45, 2.75) is 46.1 Å². The molecule has 2 heteroatoms. The Morgan fingerprint density at radius 2 is 1.82 bits per heavy atom. The van der Waals surface area contributed by atoms with Crippen LogP contribution in [-0.4, -0.2) is 11.7 Å². The zero-order valence-corrected chi connectivity index (χ0v) is 11.1. The van der Waals surface area contributed by atoms with Gasteiger partial charge in [0.2, 0.25) is 0 Å². The Balaban J connectivity index is 2.35. The Morgan fingerprint density at radius 3 is 2.35 bits per heavy atom. The third-order valence-electron chi connectivity index (χ3n) is 2.85. The highest BCUT2D eigenvalue weighted by atomic mass is 16.5.